The van der Waals surface area contributed by atoms with E-state index in [1.165, 1.54) is 22.0 Å². The molecule has 1 aliphatic heterocycles. The highest BCUT2D eigenvalue weighted by atomic mass is 35.5. The molecule has 5 heteroatoms. The van der Waals surface area contributed by atoms with E-state index in [1.54, 1.807) is 18.2 Å². The van der Waals surface area contributed by atoms with Crippen molar-refractivity contribution >= 4 is 51.3 Å². The van der Waals surface area contributed by atoms with Crippen LogP contribution in [0.5, 0.6) is 0 Å². The summed E-state index contributed by atoms with van der Waals surface area (Å²) in [5.74, 6) is 0.515. The number of carbonyl (C=O) groups excluding carboxylic acids is 1. The molecule has 0 bridgehead atoms. The molecular weight excluding hydrogens is 463 g/mol. The molecule has 1 amide bonds. The maximum atomic E-state index is 12.8. The summed E-state index contributed by atoms with van der Waals surface area (Å²) in [4.78, 5) is 12.8. The number of benzene rings is 4. The molecular formula is C29H22Cl2N2O. The first-order valence-corrected chi connectivity index (χ1v) is 12.2. The van der Waals surface area contributed by atoms with Crippen molar-refractivity contribution in [3.05, 3.63) is 118 Å². The molecule has 2 aliphatic rings. The van der Waals surface area contributed by atoms with Crippen LogP contribution < -0.4 is 10.6 Å². The summed E-state index contributed by atoms with van der Waals surface area (Å²) in [6.07, 6.45) is 5.68. The average Bonchev–Trinajstić information content (AvgIpc) is 3.33. The van der Waals surface area contributed by atoms with Gasteiger partial charge in [0, 0.05) is 22.3 Å². The number of hydrogen-bond acceptors (Lipinski definition) is 2. The lowest BCUT2D eigenvalue weighted by Crippen LogP contribution is -2.29. The molecule has 0 saturated heterocycles. The fourth-order valence-electron chi connectivity index (χ4n) is 5.39. The summed E-state index contributed by atoms with van der Waals surface area (Å²) in [5.41, 5.74) is 4.85. The van der Waals surface area contributed by atoms with Gasteiger partial charge in [-0.05, 0) is 70.6 Å². The van der Waals surface area contributed by atoms with Crippen molar-refractivity contribution in [1.82, 2.24) is 0 Å². The number of anilines is 2. The van der Waals surface area contributed by atoms with Crippen molar-refractivity contribution in [2.24, 2.45) is 5.92 Å². The zero-order valence-corrected chi connectivity index (χ0v) is 19.8. The second kappa shape index (κ2) is 8.50. The summed E-state index contributed by atoms with van der Waals surface area (Å²) in [7, 11) is 0. The van der Waals surface area contributed by atoms with Crippen LogP contribution in [0.3, 0.4) is 0 Å². The van der Waals surface area contributed by atoms with Crippen LogP contribution in [0.1, 0.15) is 39.9 Å². The van der Waals surface area contributed by atoms with Crippen molar-refractivity contribution in [2.45, 2.75) is 18.4 Å². The van der Waals surface area contributed by atoms with Gasteiger partial charge in [-0.3, -0.25) is 4.79 Å². The van der Waals surface area contributed by atoms with Gasteiger partial charge in [0.2, 0.25) is 0 Å². The lowest BCUT2D eigenvalue weighted by molar-refractivity contribution is 0.102. The molecule has 2 N–H and O–H groups in total. The Morgan fingerprint density at radius 1 is 0.941 bits per heavy atom. The maximum Gasteiger partial charge on any atom is 0.257 e. The first-order chi connectivity index (χ1) is 16.6. The standard InChI is InChI=1S/C29H22Cl2N2O/c30-19-12-13-24(25(31)16-19)29(34)32-20-7-3-6-18(15-20)28-23-10-4-9-22(23)27-21-8-2-1-5-17(21)11-14-26(27)33-28/h1-9,11-16,22-23,28,33H,10H2,(H,32,34). The highest BCUT2D eigenvalue weighted by molar-refractivity contribution is 6.37. The van der Waals surface area contributed by atoms with E-state index in [4.69, 9.17) is 23.2 Å². The molecule has 6 rings (SSSR count). The van der Waals surface area contributed by atoms with Gasteiger partial charge in [-0.15, -0.1) is 0 Å². The zero-order valence-electron chi connectivity index (χ0n) is 18.3. The van der Waals surface area contributed by atoms with E-state index in [-0.39, 0.29) is 11.9 Å². The Morgan fingerprint density at radius 2 is 1.82 bits per heavy atom. The van der Waals surface area contributed by atoms with E-state index in [0.29, 0.717) is 27.4 Å². The summed E-state index contributed by atoms with van der Waals surface area (Å²) >= 11 is 12.2. The Labute approximate surface area is 208 Å². The number of allylic oxidation sites excluding steroid dienone is 2. The van der Waals surface area contributed by atoms with Crippen molar-refractivity contribution in [3.63, 3.8) is 0 Å². The molecule has 1 aliphatic carbocycles. The molecule has 0 aromatic heterocycles. The van der Waals surface area contributed by atoms with Crippen LogP contribution in [0.4, 0.5) is 11.4 Å². The number of fused-ring (bicyclic) bond motifs is 5. The van der Waals surface area contributed by atoms with Crippen LogP contribution >= 0.6 is 23.2 Å². The van der Waals surface area contributed by atoms with Crippen LogP contribution in [-0.2, 0) is 0 Å². The average molecular weight is 485 g/mol. The largest absolute Gasteiger partial charge is 0.378 e. The molecule has 0 saturated carbocycles. The molecule has 3 unspecified atom stereocenters. The topological polar surface area (TPSA) is 41.1 Å². The van der Waals surface area contributed by atoms with Crippen LogP contribution in [0.25, 0.3) is 10.8 Å². The molecule has 0 radical (unpaired) electrons. The van der Waals surface area contributed by atoms with E-state index in [0.717, 1.165) is 17.7 Å². The van der Waals surface area contributed by atoms with Crippen molar-refractivity contribution in [3.8, 4) is 0 Å². The molecule has 4 aromatic carbocycles. The second-order valence-corrected chi connectivity index (χ2v) is 9.77. The van der Waals surface area contributed by atoms with Gasteiger partial charge in [0.15, 0.2) is 0 Å². The van der Waals surface area contributed by atoms with E-state index in [9.17, 15) is 4.79 Å². The number of carbonyl (C=O) groups is 1. The maximum absolute atomic E-state index is 12.8. The third-order valence-electron chi connectivity index (χ3n) is 6.94. The van der Waals surface area contributed by atoms with Gasteiger partial charge in [0.05, 0.1) is 16.6 Å². The van der Waals surface area contributed by atoms with Gasteiger partial charge in [-0.2, -0.15) is 0 Å². The summed E-state index contributed by atoms with van der Waals surface area (Å²) in [6.45, 7) is 0. The van der Waals surface area contributed by atoms with Crippen LogP contribution in [0.15, 0.2) is 91.0 Å². The molecule has 0 fully saturated rings. The van der Waals surface area contributed by atoms with Crippen molar-refractivity contribution in [2.75, 3.05) is 10.6 Å². The third-order valence-corrected chi connectivity index (χ3v) is 7.48. The van der Waals surface area contributed by atoms with Crippen LogP contribution in [0, 0.1) is 5.92 Å². The number of amides is 1. The third kappa shape index (κ3) is 3.66. The predicted molar refractivity (Wildman–Crippen MR) is 141 cm³/mol. The predicted octanol–water partition coefficient (Wildman–Crippen LogP) is 8.23. The van der Waals surface area contributed by atoms with Gasteiger partial charge in [-0.1, -0.05) is 77.8 Å². The van der Waals surface area contributed by atoms with Gasteiger partial charge in [0.1, 0.15) is 0 Å². The van der Waals surface area contributed by atoms with Gasteiger partial charge >= 0.3 is 0 Å². The smallest absolute Gasteiger partial charge is 0.257 e. The van der Waals surface area contributed by atoms with Crippen molar-refractivity contribution in [1.29, 1.82) is 0 Å². The molecule has 168 valence electrons. The Bertz CT molecular complexity index is 1460. The van der Waals surface area contributed by atoms with Gasteiger partial charge in [-0.25, -0.2) is 0 Å². The Hall–Kier alpha value is -3.27. The SMILES string of the molecule is O=C(Nc1cccc(C2Nc3ccc4ccccc4c3C3C=CCC32)c1)c1ccc(Cl)cc1Cl. The lowest BCUT2D eigenvalue weighted by atomic mass is 9.75. The molecule has 4 aromatic rings. The fraction of sp³-hybridized carbons (Fsp3) is 0.138. The number of rotatable bonds is 3. The normalized spacial score (nSPS) is 20.5. The molecule has 3 atom stereocenters. The minimum atomic E-state index is -0.257. The summed E-state index contributed by atoms with van der Waals surface area (Å²) < 4.78 is 0. The van der Waals surface area contributed by atoms with E-state index >= 15 is 0 Å². The molecule has 1 heterocycles. The highest BCUT2D eigenvalue weighted by Gasteiger charge is 2.38. The number of hydrogen-bond donors (Lipinski definition) is 2. The zero-order chi connectivity index (χ0) is 23.2. The van der Waals surface area contributed by atoms with Gasteiger partial charge < -0.3 is 10.6 Å². The first kappa shape index (κ1) is 21.3. The minimum Gasteiger partial charge on any atom is -0.378 e. The molecule has 3 nitrogen and oxygen atoms in total. The molecule has 0 spiro atoms. The van der Waals surface area contributed by atoms with Gasteiger partial charge in [0.25, 0.3) is 5.91 Å². The Morgan fingerprint density at radius 3 is 2.71 bits per heavy atom. The Balaban J connectivity index is 1.33. The van der Waals surface area contributed by atoms with E-state index < -0.39 is 0 Å². The molecule has 34 heavy (non-hydrogen) atoms. The van der Waals surface area contributed by atoms with Crippen molar-refractivity contribution < 1.29 is 4.79 Å². The summed E-state index contributed by atoms with van der Waals surface area (Å²) in [5, 5.41) is 10.2. The number of halogens is 2. The second-order valence-electron chi connectivity index (χ2n) is 8.93. The van der Waals surface area contributed by atoms with Crippen LogP contribution in [-0.4, -0.2) is 5.91 Å². The lowest BCUT2D eigenvalue weighted by Gasteiger charge is -2.38. The van der Waals surface area contributed by atoms with E-state index in [2.05, 4.69) is 71.3 Å². The highest BCUT2D eigenvalue weighted by Crippen LogP contribution is 2.51. The first-order valence-electron chi connectivity index (χ1n) is 11.4. The summed E-state index contributed by atoms with van der Waals surface area (Å²) in [6, 6.07) is 26.1. The number of nitrogens with one attached hydrogen (secondary N) is 2. The quantitative estimate of drug-likeness (QED) is 0.287. The Kier molecular flexibility index (Phi) is 5.32. The monoisotopic (exact) mass is 484 g/mol. The van der Waals surface area contributed by atoms with Crippen LogP contribution in [0.2, 0.25) is 10.0 Å². The van der Waals surface area contributed by atoms with E-state index in [1.807, 2.05) is 12.1 Å². The fourth-order valence-corrected chi connectivity index (χ4v) is 5.89. The minimum absolute atomic E-state index is 0.143.